The van der Waals surface area contributed by atoms with Crippen molar-refractivity contribution < 1.29 is 35.8 Å². The molecule has 0 spiro atoms. The molecule has 0 aliphatic rings. The van der Waals surface area contributed by atoms with Gasteiger partial charge in [-0.15, -0.1) is 13.2 Å². The van der Waals surface area contributed by atoms with Crippen LogP contribution in [0.3, 0.4) is 0 Å². The van der Waals surface area contributed by atoms with Crippen molar-refractivity contribution in [3.63, 3.8) is 0 Å². The number of rotatable bonds is 12. The molecule has 1 heterocycles. The van der Waals surface area contributed by atoms with E-state index in [4.69, 9.17) is 4.74 Å². The van der Waals surface area contributed by atoms with Crippen LogP contribution >= 0.6 is 0 Å². The lowest BCUT2D eigenvalue weighted by atomic mass is 9.98. The van der Waals surface area contributed by atoms with Crippen LogP contribution < -0.4 is 9.47 Å². The van der Waals surface area contributed by atoms with Crippen molar-refractivity contribution in [3.8, 4) is 11.5 Å². The van der Waals surface area contributed by atoms with Crippen LogP contribution in [0.5, 0.6) is 11.5 Å². The molecule has 1 aromatic heterocycles. The molecule has 0 fully saturated rings. The van der Waals surface area contributed by atoms with Crippen LogP contribution in [0.1, 0.15) is 48.7 Å². The predicted molar refractivity (Wildman–Crippen MR) is 139 cm³/mol. The van der Waals surface area contributed by atoms with Gasteiger partial charge in [-0.2, -0.15) is 0 Å². The van der Waals surface area contributed by atoms with Crippen molar-refractivity contribution in [2.75, 3.05) is 6.61 Å². The zero-order valence-corrected chi connectivity index (χ0v) is 21.8. The molecule has 4 aromatic rings. The Labute approximate surface area is 228 Å². The summed E-state index contributed by atoms with van der Waals surface area (Å²) in [5.41, 5.74) is 1.38. The Morgan fingerprint density at radius 1 is 0.775 bits per heavy atom. The van der Waals surface area contributed by atoms with E-state index in [1.165, 1.54) is 0 Å². The van der Waals surface area contributed by atoms with Gasteiger partial charge in [-0.25, -0.2) is 23.1 Å². The summed E-state index contributed by atoms with van der Waals surface area (Å²) in [4.78, 5) is 8.71. The first-order chi connectivity index (χ1) is 19.1. The Morgan fingerprint density at radius 3 is 2.15 bits per heavy atom. The maximum Gasteiger partial charge on any atom is 0.573 e. The van der Waals surface area contributed by atoms with Gasteiger partial charge in [-0.3, -0.25) is 0 Å². The minimum atomic E-state index is -5.22. The molecule has 4 nitrogen and oxygen atoms in total. The van der Waals surface area contributed by atoms with E-state index in [9.17, 15) is 22.0 Å². The van der Waals surface area contributed by atoms with Crippen LogP contribution in [0.4, 0.5) is 26.3 Å². The van der Waals surface area contributed by atoms with Gasteiger partial charge >= 0.3 is 6.36 Å². The van der Waals surface area contributed by atoms with Gasteiger partial charge in [0, 0.05) is 11.8 Å². The average molecular weight is 563 g/mol. The zero-order valence-electron chi connectivity index (χ0n) is 21.8. The highest BCUT2D eigenvalue weighted by atomic mass is 19.4. The number of hydrogen-bond donors (Lipinski definition) is 0. The van der Waals surface area contributed by atoms with E-state index >= 15 is 4.39 Å². The summed E-state index contributed by atoms with van der Waals surface area (Å²) in [5.74, 6) is -3.61. The van der Waals surface area contributed by atoms with Crippen molar-refractivity contribution in [2.24, 2.45) is 0 Å². The Kier molecular flexibility index (Phi) is 9.50. The van der Waals surface area contributed by atoms with Gasteiger partial charge in [0.1, 0.15) is 11.6 Å². The van der Waals surface area contributed by atoms with E-state index in [1.54, 1.807) is 30.6 Å². The summed E-state index contributed by atoms with van der Waals surface area (Å²) in [7, 11) is 0. The number of benzene rings is 3. The van der Waals surface area contributed by atoms with Gasteiger partial charge in [-0.1, -0.05) is 50.1 Å². The van der Waals surface area contributed by atoms with Gasteiger partial charge in [0.15, 0.2) is 17.4 Å². The van der Waals surface area contributed by atoms with E-state index in [0.717, 1.165) is 37.0 Å². The second-order valence-corrected chi connectivity index (χ2v) is 9.42. The number of aryl methyl sites for hydroxylation is 4. The third-order valence-electron chi connectivity index (χ3n) is 6.39. The summed E-state index contributed by atoms with van der Waals surface area (Å²) < 4.78 is 89.3. The highest BCUT2D eigenvalue weighted by Crippen LogP contribution is 2.30. The molecule has 0 unspecified atom stereocenters. The molecule has 0 saturated heterocycles. The largest absolute Gasteiger partial charge is 0.573 e. The predicted octanol–water partition coefficient (Wildman–Crippen LogP) is 8.09. The minimum Gasteiger partial charge on any atom is -0.490 e. The number of nitrogens with zero attached hydrogens (tertiary/aromatic N) is 2. The van der Waals surface area contributed by atoms with E-state index in [1.807, 2.05) is 12.1 Å². The minimum absolute atomic E-state index is 0.0171. The van der Waals surface area contributed by atoms with Gasteiger partial charge < -0.3 is 9.47 Å². The molecule has 0 saturated carbocycles. The third kappa shape index (κ3) is 7.86. The van der Waals surface area contributed by atoms with E-state index in [2.05, 4.69) is 21.6 Å². The third-order valence-corrected chi connectivity index (χ3v) is 6.39. The molecule has 0 amide bonds. The molecule has 3 aromatic carbocycles. The fourth-order valence-corrected chi connectivity index (χ4v) is 4.33. The summed E-state index contributed by atoms with van der Waals surface area (Å²) in [6.07, 6.45) is 2.69. The number of alkyl halides is 3. The molecule has 0 bridgehead atoms. The summed E-state index contributed by atoms with van der Waals surface area (Å²) >= 11 is 0. The van der Waals surface area contributed by atoms with Crippen LogP contribution in [0.25, 0.3) is 10.8 Å². The number of aromatic nitrogens is 2. The molecule has 10 heteroatoms. The smallest absolute Gasteiger partial charge is 0.490 e. The zero-order chi connectivity index (χ0) is 28.7. The molecule has 0 aliphatic heterocycles. The second-order valence-electron chi connectivity index (χ2n) is 9.42. The summed E-state index contributed by atoms with van der Waals surface area (Å²) in [5, 5.41) is 1.09. The first kappa shape index (κ1) is 29.2. The molecular formula is C30H28F6N2O2. The molecule has 212 valence electrons. The van der Waals surface area contributed by atoms with E-state index in [-0.39, 0.29) is 18.4 Å². The van der Waals surface area contributed by atoms with Crippen molar-refractivity contribution in [1.29, 1.82) is 0 Å². The summed E-state index contributed by atoms with van der Waals surface area (Å²) in [6.45, 7) is 2.77. The first-order valence-corrected chi connectivity index (χ1v) is 13.0. The lowest BCUT2D eigenvalue weighted by Gasteiger charge is -2.12. The van der Waals surface area contributed by atoms with Gasteiger partial charge in [-0.05, 0) is 59.9 Å². The highest BCUT2D eigenvalue weighted by Gasteiger charge is 2.34. The maximum absolute atomic E-state index is 15.2. The van der Waals surface area contributed by atoms with Crippen LogP contribution in [0.2, 0.25) is 0 Å². The highest BCUT2D eigenvalue weighted by molar-refractivity contribution is 5.84. The van der Waals surface area contributed by atoms with Crippen LogP contribution in [0.15, 0.2) is 54.9 Å². The molecule has 0 radical (unpaired) electrons. The first-order valence-electron chi connectivity index (χ1n) is 13.0. The van der Waals surface area contributed by atoms with E-state index < -0.39 is 29.6 Å². The van der Waals surface area contributed by atoms with Crippen molar-refractivity contribution >= 4 is 10.8 Å². The lowest BCUT2D eigenvalue weighted by Crippen LogP contribution is -2.19. The Balaban J connectivity index is 1.37. The fourth-order valence-electron chi connectivity index (χ4n) is 4.33. The van der Waals surface area contributed by atoms with Gasteiger partial charge in [0.25, 0.3) is 0 Å². The number of hydrogen-bond acceptors (Lipinski definition) is 4. The SMILES string of the molecule is CCCCCOc1cnc(CCc2ccc3c(F)c(CCc4cc(F)c(OC(F)(F)F)c(F)c4)ccc3c2)nc1. The molecule has 0 N–H and O–H groups in total. The molecule has 0 aliphatic carbocycles. The fraction of sp³-hybridized carbons (Fsp3) is 0.333. The van der Waals surface area contributed by atoms with Crippen molar-refractivity contribution in [3.05, 3.63) is 94.8 Å². The second kappa shape index (κ2) is 13.0. The maximum atomic E-state index is 15.2. The summed E-state index contributed by atoms with van der Waals surface area (Å²) in [6, 6.07) is 10.3. The monoisotopic (exact) mass is 562 g/mol. The molecular weight excluding hydrogens is 534 g/mol. The van der Waals surface area contributed by atoms with Crippen LogP contribution in [-0.2, 0) is 25.7 Å². The molecule has 40 heavy (non-hydrogen) atoms. The number of fused-ring (bicyclic) bond motifs is 1. The van der Waals surface area contributed by atoms with Gasteiger partial charge in [0.2, 0.25) is 5.75 Å². The normalized spacial score (nSPS) is 11.7. The molecule has 0 atom stereocenters. The van der Waals surface area contributed by atoms with E-state index in [0.29, 0.717) is 47.4 Å². The quantitative estimate of drug-likeness (QED) is 0.129. The number of ether oxygens (including phenoxy) is 2. The number of unbranched alkanes of at least 4 members (excludes halogenated alkanes) is 2. The van der Waals surface area contributed by atoms with Crippen LogP contribution in [0, 0.1) is 17.5 Å². The lowest BCUT2D eigenvalue weighted by molar-refractivity contribution is -0.276. The Morgan fingerprint density at radius 2 is 1.48 bits per heavy atom. The Hall–Kier alpha value is -3.82. The Bertz CT molecular complexity index is 1420. The van der Waals surface area contributed by atoms with Gasteiger partial charge in [0.05, 0.1) is 19.0 Å². The standard InChI is InChI=1S/C30H28F6N2O2/c1-2-3-4-13-39-23-17-37-27(38-18-23)12-7-19-6-11-24-22(14-19)10-9-21(28(24)33)8-5-20-15-25(31)29(26(32)16-20)40-30(34,35)36/h6,9-11,14-18H,2-5,7-8,12-13H2,1H3. The average Bonchev–Trinajstić information content (AvgIpc) is 2.92. The van der Waals surface area contributed by atoms with Crippen molar-refractivity contribution in [2.45, 2.75) is 58.2 Å². The molecule has 4 rings (SSSR count). The van der Waals surface area contributed by atoms with Crippen molar-refractivity contribution in [1.82, 2.24) is 9.97 Å². The van der Waals surface area contributed by atoms with Crippen LogP contribution in [-0.4, -0.2) is 22.9 Å². The topological polar surface area (TPSA) is 44.2 Å². The number of halogens is 6.